The highest BCUT2D eigenvalue weighted by atomic mass is 127. The molecule has 0 aromatic heterocycles. The van der Waals surface area contributed by atoms with Gasteiger partial charge in [-0.05, 0) is 77.9 Å². The largest absolute Gasteiger partial charge is 0.452 e. The number of nitrogens with one attached hydrogen (secondary N) is 1. The Hall–Kier alpha value is -1.94. The monoisotopic (exact) mass is 487 g/mol. The fourth-order valence-corrected chi connectivity index (χ4v) is 3.51. The average molecular weight is 487 g/mol. The van der Waals surface area contributed by atoms with Gasteiger partial charge in [0.25, 0.3) is 5.91 Å². The number of sulfone groups is 1. The molecule has 2 aromatic carbocycles. The van der Waals surface area contributed by atoms with Crippen LogP contribution in [0.15, 0.2) is 41.3 Å². The van der Waals surface area contributed by atoms with E-state index >= 15 is 0 Å². The zero-order valence-corrected chi connectivity index (χ0v) is 17.5. The van der Waals surface area contributed by atoms with Crippen LogP contribution in [0.2, 0.25) is 0 Å². The fraction of sp³-hybridized carbons (Fsp3) is 0.222. The third kappa shape index (κ3) is 5.28. The molecule has 26 heavy (non-hydrogen) atoms. The Morgan fingerprint density at radius 3 is 2.38 bits per heavy atom. The zero-order chi connectivity index (χ0) is 19.5. The molecule has 0 unspecified atom stereocenters. The number of hydrogen-bond donors (Lipinski definition) is 1. The van der Waals surface area contributed by atoms with E-state index in [4.69, 9.17) is 4.74 Å². The Kier molecular flexibility index (Phi) is 6.40. The van der Waals surface area contributed by atoms with E-state index in [1.807, 2.05) is 19.1 Å². The summed E-state index contributed by atoms with van der Waals surface area (Å²) >= 11 is 2.17. The van der Waals surface area contributed by atoms with Gasteiger partial charge in [-0.1, -0.05) is 6.07 Å². The maximum absolute atomic E-state index is 12.2. The van der Waals surface area contributed by atoms with Gasteiger partial charge in [-0.2, -0.15) is 0 Å². The number of aryl methyl sites for hydroxylation is 2. The highest BCUT2D eigenvalue weighted by Crippen LogP contribution is 2.18. The lowest BCUT2D eigenvalue weighted by atomic mass is 10.1. The van der Waals surface area contributed by atoms with E-state index in [2.05, 4.69) is 27.9 Å². The molecule has 2 rings (SSSR count). The van der Waals surface area contributed by atoms with Crippen LogP contribution in [0.1, 0.15) is 21.5 Å². The van der Waals surface area contributed by atoms with Crippen molar-refractivity contribution >= 4 is 50.0 Å². The van der Waals surface area contributed by atoms with Gasteiger partial charge in [-0.3, -0.25) is 4.79 Å². The number of halogens is 1. The van der Waals surface area contributed by atoms with Crippen molar-refractivity contribution in [1.29, 1.82) is 0 Å². The van der Waals surface area contributed by atoms with Crippen LogP contribution in [0.25, 0.3) is 0 Å². The van der Waals surface area contributed by atoms with E-state index < -0.39 is 28.3 Å². The minimum Gasteiger partial charge on any atom is -0.452 e. The van der Waals surface area contributed by atoms with Crippen LogP contribution in [0.5, 0.6) is 0 Å². The van der Waals surface area contributed by atoms with Crippen molar-refractivity contribution in [2.24, 2.45) is 0 Å². The molecular formula is C18H18INO5S. The van der Waals surface area contributed by atoms with Crippen LogP contribution in [0.4, 0.5) is 5.69 Å². The molecule has 1 amide bonds. The molecule has 0 aliphatic rings. The molecule has 0 saturated heterocycles. The molecule has 0 aliphatic carbocycles. The molecule has 0 fully saturated rings. The van der Waals surface area contributed by atoms with Gasteiger partial charge >= 0.3 is 5.97 Å². The van der Waals surface area contributed by atoms with Crippen LogP contribution >= 0.6 is 22.6 Å². The number of carbonyl (C=O) groups is 2. The van der Waals surface area contributed by atoms with E-state index in [1.165, 1.54) is 18.2 Å². The number of rotatable bonds is 5. The van der Waals surface area contributed by atoms with Crippen molar-refractivity contribution in [3.05, 3.63) is 56.7 Å². The fourth-order valence-electron chi connectivity index (χ4n) is 2.21. The van der Waals surface area contributed by atoms with Crippen molar-refractivity contribution in [3.8, 4) is 0 Å². The molecule has 6 nitrogen and oxygen atoms in total. The van der Waals surface area contributed by atoms with Gasteiger partial charge in [0.05, 0.1) is 10.5 Å². The Morgan fingerprint density at radius 1 is 1.08 bits per heavy atom. The summed E-state index contributed by atoms with van der Waals surface area (Å²) in [5, 5.41) is 2.68. The summed E-state index contributed by atoms with van der Waals surface area (Å²) in [4.78, 5) is 24.2. The molecule has 0 radical (unpaired) electrons. The number of benzene rings is 2. The summed E-state index contributed by atoms with van der Waals surface area (Å²) in [6, 6.07) is 9.76. The third-order valence-electron chi connectivity index (χ3n) is 3.65. The summed E-state index contributed by atoms with van der Waals surface area (Å²) in [7, 11) is -3.44. The van der Waals surface area contributed by atoms with Crippen LogP contribution in [-0.4, -0.2) is 33.2 Å². The molecule has 8 heteroatoms. The summed E-state index contributed by atoms with van der Waals surface area (Å²) in [5.41, 5.74) is 2.22. The topological polar surface area (TPSA) is 89.5 Å². The van der Waals surface area contributed by atoms with Crippen LogP contribution in [0, 0.1) is 17.4 Å². The predicted octanol–water partition coefficient (Wildman–Crippen LogP) is 3.11. The Bertz CT molecular complexity index is 970. The average Bonchev–Trinajstić information content (AvgIpc) is 2.54. The Balaban J connectivity index is 2.05. The molecule has 0 atom stereocenters. The van der Waals surface area contributed by atoms with E-state index in [1.54, 1.807) is 13.0 Å². The number of anilines is 1. The van der Waals surface area contributed by atoms with E-state index in [9.17, 15) is 18.0 Å². The van der Waals surface area contributed by atoms with Crippen LogP contribution in [0.3, 0.4) is 0 Å². The van der Waals surface area contributed by atoms with Crippen molar-refractivity contribution < 1.29 is 22.7 Å². The normalized spacial score (nSPS) is 11.1. The second-order valence-electron chi connectivity index (χ2n) is 5.83. The quantitative estimate of drug-likeness (QED) is 0.517. The highest BCUT2D eigenvalue weighted by molar-refractivity contribution is 14.1. The predicted molar refractivity (Wildman–Crippen MR) is 107 cm³/mol. The zero-order valence-electron chi connectivity index (χ0n) is 14.5. The van der Waals surface area contributed by atoms with E-state index in [0.717, 1.165) is 15.4 Å². The summed E-state index contributed by atoms with van der Waals surface area (Å²) in [5.74, 6) is -1.22. The summed E-state index contributed by atoms with van der Waals surface area (Å²) in [6.07, 6.45) is 1.06. The smallest absolute Gasteiger partial charge is 0.338 e. The molecule has 2 aromatic rings. The Morgan fingerprint density at radius 2 is 1.77 bits per heavy atom. The maximum Gasteiger partial charge on any atom is 0.338 e. The maximum atomic E-state index is 12.2. The van der Waals surface area contributed by atoms with Gasteiger partial charge in [0, 0.05) is 15.5 Å². The molecule has 0 spiro atoms. The minimum atomic E-state index is -3.44. The molecule has 0 aliphatic heterocycles. The number of esters is 1. The lowest BCUT2D eigenvalue weighted by Crippen LogP contribution is -2.21. The van der Waals surface area contributed by atoms with Gasteiger partial charge in [0.15, 0.2) is 16.4 Å². The van der Waals surface area contributed by atoms with Crippen molar-refractivity contribution in [3.63, 3.8) is 0 Å². The number of carbonyl (C=O) groups excluding carboxylic acids is 2. The molecular weight excluding hydrogens is 469 g/mol. The number of ether oxygens (including phenoxy) is 1. The van der Waals surface area contributed by atoms with Gasteiger partial charge in [0.1, 0.15) is 0 Å². The lowest BCUT2D eigenvalue weighted by molar-refractivity contribution is -0.119. The summed E-state index contributed by atoms with van der Waals surface area (Å²) in [6.45, 7) is 3.06. The molecule has 1 N–H and O–H groups in total. The molecule has 0 saturated carbocycles. The Labute approximate surface area is 166 Å². The molecule has 0 heterocycles. The lowest BCUT2D eigenvalue weighted by Gasteiger charge is -2.11. The van der Waals surface area contributed by atoms with Gasteiger partial charge < -0.3 is 10.1 Å². The SMILES string of the molecule is Cc1cc(I)ccc1NC(=O)COC(=O)c1cc(S(C)(=O)=O)ccc1C. The first-order chi connectivity index (χ1) is 12.1. The van der Waals surface area contributed by atoms with Crippen molar-refractivity contribution in [1.82, 2.24) is 0 Å². The van der Waals surface area contributed by atoms with Crippen molar-refractivity contribution in [2.75, 3.05) is 18.2 Å². The third-order valence-corrected chi connectivity index (χ3v) is 5.44. The summed E-state index contributed by atoms with van der Waals surface area (Å²) < 4.78 is 29.3. The van der Waals surface area contributed by atoms with Crippen molar-refractivity contribution in [2.45, 2.75) is 18.7 Å². The first kappa shape index (κ1) is 20.4. The molecule has 0 bridgehead atoms. The van der Waals surface area contributed by atoms with Crippen LogP contribution in [-0.2, 0) is 19.4 Å². The second kappa shape index (κ2) is 8.17. The van der Waals surface area contributed by atoms with E-state index in [0.29, 0.717) is 11.3 Å². The van der Waals surface area contributed by atoms with Crippen LogP contribution < -0.4 is 5.32 Å². The number of hydrogen-bond acceptors (Lipinski definition) is 5. The number of amides is 1. The second-order valence-corrected chi connectivity index (χ2v) is 9.09. The van der Waals surface area contributed by atoms with E-state index in [-0.39, 0.29) is 10.5 Å². The standard InChI is InChI=1S/C18H18INO5S/c1-11-4-6-14(26(3,23)24)9-15(11)18(22)25-10-17(21)20-16-7-5-13(19)8-12(16)2/h4-9H,10H2,1-3H3,(H,20,21). The van der Waals surface area contributed by atoms with Gasteiger partial charge in [-0.25, -0.2) is 13.2 Å². The first-order valence-corrected chi connectivity index (χ1v) is 10.6. The minimum absolute atomic E-state index is 0.0222. The first-order valence-electron chi connectivity index (χ1n) is 7.62. The van der Waals surface area contributed by atoms with Gasteiger partial charge in [-0.15, -0.1) is 0 Å². The highest BCUT2D eigenvalue weighted by Gasteiger charge is 2.17. The molecule has 138 valence electrons. The van der Waals surface area contributed by atoms with Gasteiger partial charge in [0.2, 0.25) is 0 Å².